The second-order valence-corrected chi connectivity index (χ2v) is 14.9. The van der Waals surface area contributed by atoms with Gasteiger partial charge in [0.2, 0.25) is 11.8 Å². The van der Waals surface area contributed by atoms with Crippen molar-refractivity contribution in [1.29, 1.82) is 0 Å². The first-order valence-corrected chi connectivity index (χ1v) is 17.9. The van der Waals surface area contributed by atoms with Crippen LogP contribution in [0.3, 0.4) is 0 Å². The topological polar surface area (TPSA) is 143 Å². The van der Waals surface area contributed by atoms with Crippen molar-refractivity contribution in [2.75, 3.05) is 50.5 Å². The van der Waals surface area contributed by atoms with Gasteiger partial charge in [0.1, 0.15) is 17.0 Å². The van der Waals surface area contributed by atoms with Crippen LogP contribution >= 0.6 is 0 Å². The molecule has 2 heterocycles. The number of fused-ring (bicyclic) bond motifs is 1. The monoisotopic (exact) mass is 745 g/mol. The molecule has 1 aliphatic heterocycles. The summed E-state index contributed by atoms with van der Waals surface area (Å²) in [7, 11) is 1.52. The summed E-state index contributed by atoms with van der Waals surface area (Å²) in [6, 6.07) is 14.2. The van der Waals surface area contributed by atoms with Crippen molar-refractivity contribution in [3.05, 3.63) is 78.5 Å². The molecule has 0 spiro atoms. The van der Waals surface area contributed by atoms with Crippen LogP contribution < -0.4 is 24.8 Å². The maximum absolute atomic E-state index is 15.4. The summed E-state index contributed by atoms with van der Waals surface area (Å²) in [5.41, 5.74) is -0.485. The standard InChI is InChI=1S/C40H45F2N5O7/c1-24-22-40(24,36(48)44-26-9-7-25(41)8-10-26)37(49)45-27-11-12-32(29(42)19-27)54-31-13-14-43-30-21-34(33(52-5)20-28(30)31)53-18-6-15-46-16-17-47(38(50)51)35(23-46)39(2,3)4/h7-14,19-21,24,35H,6,15-18,22-23H2,1-5H3,(H,44,48)(H,45,49)(H,50,51)/t24-,35-,40-/m1/s1. The molecule has 1 saturated carbocycles. The van der Waals surface area contributed by atoms with Gasteiger partial charge in [0.25, 0.3) is 0 Å². The molecule has 1 aromatic heterocycles. The zero-order valence-electron chi connectivity index (χ0n) is 30.9. The van der Waals surface area contributed by atoms with Gasteiger partial charge < -0.3 is 34.9 Å². The predicted molar refractivity (Wildman–Crippen MR) is 199 cm³/mol. The third kappa shape index (κ3) is 8.18. The lowest BCUT2D eigenvalue weighted by Crippen LogP contribution is -2.59. The van der Waals surface area contributed by atoms with Crippen molar-refractivity contribution < 1.29 is 42.5 Å². The highest BCUT2D eigenvalue weighted by Crippen LogP contribution is 2.54. The van der Waals surface area contributed by atoms with Crippen LogP contribution in [-0.2, 0) is 9.59 Å². The molecule has 12 nitrogen and oxygen atoms in total. The van der Waals surface area contributed by atoms with Gasteiger partial charge in [-0.3, -0.25) is 19.5 Å². The Kier molecular flexibility index (Phi) is 10.9. The minimum absolute atomic E-state index is 0.0961. The Bertz CT molecular complexity index is 2040. The quantitative estimate of drug-likeness (QED) is 0.0999. The number of rotatable bonds is 12. The molecule has 3 amide bonds. The molecule has 0 radical (unpaired) electrons. The summed E-state index contributed by atoms with van der Waals surface area (Å²) >= 11 is 0. The molecule has 6 rings (SSSR count). The maximum Gasteiger partial charge on any atom is 0.407 e. The molecular formula is C40H45F2N5O7. The van der Waals surface area contributed by atoms with Gasteiger partial charge in [-0.1, -0.05) is 27.7 Å². The molecule has 0 unspecified atom stereocenters. The lowest BCUT2D eigenvalue weighted by molar-refractivity contribution is -0.131. The van der Waals surface area contributed by atoms with Crippen LogP contribution in [-0.4, -0.2) is 83.7 Å². The zero-order chi connectivity index (χ0) is 38.8. The number of benzene rings is 3. The first kappa shape index (κ1) is 38.2. The lowest BCUT2D eigenvalue weighted by Gasteiger charge is -2.46. The van der Waals surface area contributed by atoms with Crippen molar-refractivity contribution >= 4 is 40.2 Å². The summed E-state index contributed by atoms with van der Waals surface area (Å²) in [6.07, 6.45) is 1.67. The van der Waals surface area contributed by atoms with Crippen LogP contribution in [0, 0.1) is 28.4 Å². The summed E-state index contributed by atoms with van der Waals surface area (Å²) in [6.45, 7) is 10.8. The summed E-state index contributed by atoms with van der Waals surface area (Å²) in [5, 5.41) is 15.6. The van der Waals surface area contributed by atoms with Crippen molar-refractivity contribution in [3.63, 3.8) is 0 Å². The van der Waals surface area contributed by atoms with E-state index in [0.29, 0.717) is 72.9 Å². The van der Waals surface area contributed by atoms with Crippen LogP contribution in [0.25, 0.3) is 10.9 Å². The second kappa shape index (κ2) is 15.5. The molecule has 3 N–H and O–H groups in total. The number of piperazine rings is 1. The molecule has 286 valence electrons. The third-order valence-electron chi connectivity index (χ3n) is 10.2. The van der Waals surface area contributed by atoms with Gasteiger partial charge >= 0.3 is 6.09 Å². The third-order valence-corrected chi connectivity index (χ3v) is 10.2. The van der Waals surface area contributed by atoms with Gasteiger partial charge in [-0.05, 0) is 72.7 Å². The minimum Gasteiger partial charge on any atom is -0.493 e. The first-order chi connectivity index (χ1) is 25.7. The molecular weight excluding hydrogens is 700 g/mol. The molecule has 2 aliphatic rings. The molecule has 4 aromatic rings. The van der Waals surface area contributed by atoms with Crippen LogP contribution in [0.15, 0.2) is 66.9 Å². The average Bonchev–Trinajstić information content (AvgIpc) is 3.83. The Hall–Kier alpha value is -5.50. The van der Waals surface area contributed by atoms with E-state index in [2.05, 4.69) is 41.3 Å². The maximum atomic E-state index is 15.4. The van der Waals surface area contributed by atoms with E-state index >= 15 is 4.39 Å². The van der Waals surface area contributed by atoms with E-state index in [4.69, 9.17) is 14.2 Å². The second-order valence-electron chi connectivity index (χ2n) is 14.9. The van der Waals surface area contributed by atoms with Gasteiger partial charge in [-0.25, -0.2) is 13.6 Å². The molecule has 14 heteroatoms. The highest BCUT2D eigenvalue weighted by Gasteiger charge is 2.63. The van der Waals surface area contributed by atoms with Crippen LogP contribution in [0.2, 0.25) is 0 Å². The van der Waals surface area contributed by atoms with Gasteiger partial charge in [-0.2, -0.15) is 0 Å². The molecule has 54 heavy (non-hydrogen) atoms. The van der Waals surface area contributed by atoms with Crippen molar-refractivity contribution in [2.45, 2.75) is 46.6 Å². The normalized spacial score (nSPS) is 19.9. The fraction of sp³-hybridized carbons (Fsp3) is 0.400. The lowest BCUT2D eigenvalue weighted by atomic mass is 9.84. The van der Waals surface area contributed by atoms with E-state index < -0.39 is 35.0 Å². The number of carboxylic acid groups (broad SMARTS) is 1. The number of carbonyl (C=O) groups excluding carboxylic acids is 2. The summed E-state index contributed by atoms with van der Waals surface area (Å²) in [5.74, 6) is -1.38. The predicted octanol–water partition coefficient (Wildman–Crippen LogP) is 7.40. The number of aromatic nitrogens is 1. The molecule has 1 aliphatic carbocycles. The van der Waals surface area contributed by atoms with Crippen molar-refractivity contribution in [3.8, 4) is 23.0 Å². The Morgan fingerprint density at radius 3 is 2.24 bits per heavy atom. The molecule has 0 bridgehead atoms. The zero-order valence-corrected chi connectivity index (χ0v) is 30.9. The van der Waals surface area contributed by atoms with Crippen LogP contribution in [0.1, 0.15) is 40.5 Å². The average molecular weight is 746 g/mol. The number of amides is 3. The highest BCUT2D eigenvalue weighted by molar-refractivity contribution is 6.17. The number of hydrogen-bond donors (Lipinski definition) is 3. The number of pyridine rings is 1. The molecule has 3 atom stereocenters. The minimum atomic E-state index is -1.34. The van der Waals surface area contributed by atoms with Gasteiger partial charge in [-0.15, -0.1) is 0 Å². The van der Waals surface area contributed by atoms with E-state index in [9.17, 15) is 23.9 Å². The number of nitrogens with zero attached hydrogens (tertiary/aromatic N) is 3. The van der Waals surface area contributed by atoms with Gasteiger partial charge in [0.05, 0.1) is 25.3 Å². The fourth-order valence-corrected chi connectivity index (χ4v) is 6.93. The largest absolute Gasteiger partial charge is 0.493 e. The Morgan fingerprint density at radius 2 is 1.61 bits per heavy atom. The van der Waals surface area contributed by atoms with Crippen molar-refractivity contribution in [2.24, 2.45) is 16.7 Å². The number of ether oxygens (including phenoxy) is 3. The molecule has 2 fully saturated rings. The number of anilines is 2. The summed E-state index contributed by atoms with van der Waals surface area (Å²) in [4.78, 5) is 46.5. The van der Waals surface area contributed by atoms with Gasteiger partial charge in [0, 0.05) is 61.3 Å². The number of methoxy groups -OCH3 is 1. The van der Waals surface area contributed by atoms with E-state index in [-0.39, 0.29) is 28.8 Å². The van der Waals surface area contributed by atoms with E-state index in [1.54, 1.807) is 25.1 Å². The summed E-state index contributed by atoms with van der Waals surface area (Å²) < 4.78 is 46.5. The molecule has 1 saturated heterocycles. The number of hydrogen-bond acceptors (Lipinski definition) is 8. The van der Waals surface area contributed by atoms with E-state index in [0.717, 1.165) is 12.6 Å². The number of halogens is 2. The van der Waals surface area contributed by atoms with Crippen molar-refractivity contribution in [1.82, 2.24) is 14.8 Å². The number of nitrogens with one attached hydrogen (secondary N) is 2. The van der Waals surface area contributed by atoms with Crippen LogP contribution in [0.5, 0.6) is 23.0 Å². The first-order valence-electron chi connectivity index (χ1n) is 17.9. The Labute approximate surface area is 312 Å². The van der Waals surface area contributed by atoms with Gasteiger partial charge in [0.15, 0.2) is 23.1 Å². The highest BCUT2D eigenvalue weighted by atomic mass is 19.1. The Morgan fingerprint density at radius 1 is 0.926 bits per heavy atom. The van der Waals surface area contributed by atoms with E-state index in [1.807, 2.05) is 0 Å². The van der Waals surface area contributed by atoms with Crippen LogP contribution in [0.4, 0.5) is 25.0 Å². The number of carbonyl (C=O) groups is 3. The fourth-order valence-electron chi connectivity index (χ4n) is 6.93. The molecule has 3 aromatic carbocycles. The Balaban J connectivity index is 1.08. The SMILES string of the molecule is COc1cc2c(Oc3ccc(NC(=O)[C@]4(C(=O)Nc5ccc(F)cc5)C[C@H]4C)cc3F)ccnc2cc1OCCCN1CCN(C(=O)O)[C@@H](C(C)(C)C)C1. The van der Waals surface area contributed by atoms with E-state index in [1.165, 1.54) is 54.6 Å². The smallest absolute Gasteiger partial charge is 0.407 e.